The Kier molecular flexibility index (Phi) is 5.37. The number of nitriles is 1. The van der Waals surface area contributed by atoms with Gasteiger partial charge in [-0.1, -0.05) is 20.8 Å². The van der Waals surface area contributed by atoms with E-state index >= 15 is 0 Å². The Bertz CT molecular complexity index is 736. The zero-order chi connectivity index (χ0) is 17.7. The largest absolute Gasteiger partial charge is 0.468 e. The number of rotatable bonds is 5. The molecule has 0 spiro atoms. The van der Waals surface area contributed by atoms with Crippen molar-refractivity contribution in [3.63, 3.8) is 0 Å². The summed E-state index contributed by atoms with van der Waals surface area (Å²) in [6.07, 6.45) is 1.63. The van der Waals surface area contributed by atoms with Crippen LogP contribution >= 0.6 is 0 Å². The van der Waals surface area contributed by atoms with Gasteiger partial charge in [0.1, 0.15) is 6.04 Å². The summed E-state index contributed by atoms with van der Waals surface area (Å²) in [7, 11) is 1.37. The van der Waals surface area contributed by atoms with E-state index in [0.717, 1.165) is 5.56 Å². The fraction of sp³-hybridized carbons (Fsp3) is 0.389. The van der Waals surface area contributed by atoms with Gasteiger partial charge in [-0.05, 0) is 29.7 Å². The Balaban J connectivity index is 2.07. The molecule has 1 atom stereocenters. The van der Waals surface area contributed by atoms with Crippen LogP contribution in [-0.4, -0.2) is 24.1 Å². The fourth-order valence-electron chi connectivity index (χ4n) is 2.28. The molecule has 0 bridgehead atoms. The Morgan fingerprint density at radius 3 is 2.58 bits per heavy atom. The van der Waals surface area contributed by atoms with Crippen molar-refractivity contribution in [2.75, 3.05) is 7.11 Å². The van der Waals surface area contributed by atoms with E-state index in [1.807, 2.05) is 32.9 Å². The maximum Gasteiger partial charge on any atom is 0.323 e. The van der Waals surface area contributed by atoms with Gasteiger partial charge < -0.3 is 9.15 Å². The van der Waals surface area contributed by atoms with Crippen molar-refractivity contribution in [2.45, 2.75) is 33.4 Å². The molecule has 0 amide bonds. The first-order valence-electron chi connectivity index (χ1n) is 7.61. The molecule has 0 aliphatic rings. The highest BCUT2D eigenvalue weighted by molar-refractivity contribution is 5.76. The van der Waals surface area contributed by atoms with E-state index in [9.17, 15) is 4.79 Å². The number of oxazole rings is 1. The van der Waals surface area contributed by atoms with Gasteiger partial charge in [0.15, 0.2) is 5.76 Å². The number of nitrogens with one attached hydrogen (secondary N) is 1. The van der Waals surface area contributed by atoms with Crippen LogP contribution in [0, 0.1) is 16.7 Å². The molecule has 0 fully saturated rings. The number of carbonyl (C=O) groups is 1. The quantitative estimate of drug-likeness (QED) is 0.850. The summed E-state index contributed by atoms with van der Waals surface area (Å²) >= 11 is 0. The molecule has 0 unspecified atom stereocenters. The standard InChI is InChI=1S/C18H21N3O3/c1-18(2,3)16(17(22)23-4)21-11-15-20-10-14(24-15)13-7-5-12(9-19)6-8-13/h5-8,10,16,21H,11H2,1-4H3/t16-/m1/s1. The lowest BCUT2D eigenvalue weighted by atomic mass is 9.87. The number of ether oxygens (including phenoxy) is 1. The minimum absolute atomic E-state index is 0.296. The van der Waals surface area contributed by atoms with Crippen LogP contribution < -0.4 is 5.32 Å². The molecule has 0 saturated carbocycles. The van der Waals surface area contributed by atoms with Crippen LogP contribution in [-0.2, 0) is 16.1 Å². The van der Waals surface area contributed by atoms with Gasteiger partial charge in [0.2, 0.25) is 5.89 Å². The van der Waals surface area contributed by atoms with Crippen LogP contribution in [0.4, 0.5) is 0 Å². The van der Waals surface area contributed by atoms with Crippen molar-refractivity contribution in [2.24, 2.45) is 5.41 Å². The van der Waals surface area contributed by atoms with Crippen molar-refractivity contribution in [3.8, 4) is 17.4 Å². The zero-order valence-corrected chi connectivity index (χ0v) is 14.3. The van der Waals surface area contributed by atoms with Crippen LogP contribution in [0.2, 0.25) is 0 Å². The summed E-state index contributed by atoms with van der Waals surface area (Å²) in [6.45, 7) is 6.19. The van der Waals surface area contributed by atoms with E-state index in [0.29, 0.717) is 23.8 Å². The molecule has 0 saturated heterocycles. The molecule has 1 N–H and O–H groups in total. The van der Waals surface area contributed by atoms with E-state index in [1.165, 1.54) is 7.11 Å². The molecular weight excluding hydrogens is 306 g/mol. The summed E-state index contributed by atoms with van der Waals surface area (Å²) in [6, 6.07) is 8.67. The average Bonchev–Trinajstić information content (AvgIpc) is 3.02. The molecule has 0 radical (unpaired) electrons. The second-order valence-corrected chi connectivity index (χ2v) is 6.51. The first-order valence-corrected chi connectivity index (χ1v) is 7.61. The van der Waals surface area contributed by atoms with Gasteiger partial charge in [-0.15, -0.1) is 0 Å². The van der Waals surface area contributed by atoms with Crippen molar-refractivity contribution in [1.29, 1.82) is 5.26 Å². The first kappa shape index (κ1) is 17.7. The minimum atomic E-state index is -0.465. The highest BCUT2D eigenvalue weighted by atomic mass is 16.5. The maximum absolute atomic E-state index is 11.9. The van der Waals surface area contributed by atoms with Crippen molar-refractivity contribution < 1.29 is 13.9 Å². The topological polar surface area (TPSA) is 88.1 Å². The van der Waals surface area contributed by atoms with Gasteiger partial charge >= 0.3 is 5.97 Å². The third kappa shape index (κ3) is 4.21. The summed E-state index contributed by atoms with van der Waals surface area (Å²) in [5, 5.41) is 12.0. The number of carbonyl (C=O) groups excluding carboxylic acids is 1. The predicted octanol–water partition coefficient (Wildman–Crippen LogP) is 2.89. The summed E-state index contributed by atoms with van der Waals surface area (Å²) < 4.78 is 10.6. The molecule has 2 aromatic rings. The predicted molar refractivity (Wildman–Crippen MR) is 88.8 cm³/mol. The summed E-state index contributed by atoms with van der Waals surface area (Å²) in [4.78, 5) is 16.1. The number of methoxy groups -OCH3 is 1. The third-order valence-corrected chi connectivity index (χ3v) is 3.61. The molecule has 1 aromatic carbocycles. The van der Waals surface area contributed by atoms with Crippen LogP contribution in [0.5, 0.6) is 0 Å². The molecule has 126 valence electrons. The second-order valence-electron chi connectivity index (χ2n) is 6.51. The zero-order valence-electron chi connectivity index (χ0n) is 14.3. The van der Waals surface area contributed by atoms with Crippen LogP contribution in [0.3, 0.4) is 0 Å². The van der Waals surface area contributed by atoms with Gasteiger partial charge in [0, 0.05) is 5.56 Å². The minimum Gasteiger partial charge on any atom is -0.468 e. The first-order chi connectivity index (χ1) is 11.3. The SMILES string of the molecule is COC(=O)[C@@H](NCc1ncc(-c2ccc(C#N)cc2)o1)C(C)(C)C. The number of benzene rings is 1. The van der Waals surface area contributed by atoms with Crippen molar-refractivity contribution >= 4 is 5.97 Å². The number of hydrogen-bond acceptors (Lipinski definition) is 6. The van der Waals surface area contributed by atoms with Crippen molar-refractivity contribution in [1.82, 2.24) is 10.3 Å². The average molecular weight is 327 g/mol. The Morgan fingerprint density at radius 2 is 2.04 bits per heavy atom. The normalized spacial score (nSPS) is 12.5. The number of esters is 1. The van der Waals surface area contributed by atoms with E-state index < -0.39 is 6.04 Å². The summed E-state index contributed by atoms with van der Waals surface area (Å²) in [5.41, 5.74) is 1.13. The lowest BCUT2D eigenvalue weighted by Crippen LogP contribution is -2.46. The Hall–Kier alpha value is -2.65. The fourth-order valence-corrected chi connectivity index (χ4v) is 2.28. The molecule has 1 aromatic heterocycles. The maximum atomic E-state index is 11.9. The van der Waals surface area contributed by atoms with E-state index in [2.05, 4.69) is 16.4 Å². The molecule has 6 heteroatoms. The lowest BCUT2D eigenvalue weighted by Gasteiger charge is -2.28. The van der Waals surface area contributed by atoms with Crippen LogP contribution in [0.15, 0.2) is 34.9 Å². The van der Waals surface area contributed by atoms with Gasteiger partial charge in [-0.25, -0.2) is 4.98 Å². The van der Waals surface area contributed by atoms with Gasteiger partial charge in [-0.2, -0.15) is 5.26 Å². The van der Waals surface area contributed by atoms with Gasteiger partial charge in [-0.3, -0.25) is 10.1 Å². The monoisotopic (exact) mass is 327 g/mol. The van der Waals surface area contributed by atoms with E-state index in [1.54, 1.807) is 18.3 Å². The Labute approximate surface area is 141 Å². The number of hydrogen-bond donors (Lipinski definition) is 1. The van der Waals surface area contributed by atoms with Gasteiger partial charge in [0.25, 0.3) is 0 Å². The van der Waals surface area contributed by atoms with Crippen LogP contribution in [0.1, 0.15) is 32.2 Å². The smallest absolute Gasteiger partial charge is 0.323 e. The molecule has 6 nitrogen and oxygen atoms in total. The lowest BCUT2D eigenvalue weighted by molar-refractivity contribution is -0.146. The molecule has 1 heterocycles. The Morgan fingerprint density at radius 1 is 1.38 bits per heavy atom. The molecule has 2 rings (SSSR count). The molecule has 24 heavy (non-hydrogen) atoms. The number of nitrogens with zero attached hydrogens (tertiary/aromatic N) is 2. The van der Waals surface area contributed by atoms with Crippen molar-refractivity contribution in [3.05, 3.63) is 41.9 Å². The van der Waals surface area contributed by atoms with Crippen LogP contribution in [0.25, 0.3) is 11.3 Å². The van der Waals surface area contributed by atoms with Gasteiger partial charge in [0.05, 0.1) is 31.5 Å². The molecular formula is C18H21N3O3. The van der Waals surface area contributed by atoms with E-state index in [-0.39, 0.29) is 11.4 Å². The number of aromatic nitrogens is 1. The highest BCUT2D eigenvalue weighted by Crippen LogP contribution is 2.23. The van der Waals surface area contributed by atoms with E-state index in [4.69, 9.17) is 14.4 Å². The highest BCUT2D eigenvalue weighted by Gasteiger charge is 2.32. The molecule has 0 aliphatic carbocycles. The second kappa shape index (κ2) is 7.28. The third-order valence-electron chi connectivity index (χ3n) is 3.61. The molecule has 0 aliphatic heterocycles. The summed E-state index contributed by atoms with van der Waals surface area (Å²) in [5.74, 6) is 0.774.